The van der Waals surface area contributed by atoms with Gasteiger partial charge in [0.25, 0.3) is 0 Å². The third kappa shape index (κ3) is 4.82. The average Bonchev–Trinajstić information content (AvgIpc) is 2.48. The number of nitrogens with zero attached hydrogens (tertiary/aromatic N) is 1. The molecule has 4 heteroatoms. The van der Waals surface area contributed by atoms with E-state index in [2.05, 4.69) is 41.5 Å². The molecule has 0 aliphatic heterocycles. The summed E-state index contributed by atoms with van der Waals surface area (Å²) < 4.78 is 0. The van der Waals surface area contributed by atoms with Crippen molar-refractivity contribution in [3.8, 4) is 0 Å². The first-order chi connectivity index (χ1) is 9.79. The van der Waals surface area contributed by atoms with Crippen LogP contribution < -0.4 is 5.32 Å². The van der Waals surface area contributed by atoms with Gasteiger partial charge in [-0.05, 0) is 42.3 Å². The summed E-state index contributed by atoms with van der Waals surface area (Å²) in [5, 5.41) is 4.14. The molecule has 0 bridgehead atoms. The Kier molecular flexibility index (Phi) is 6.37. The van der Waals surface area contributed by atoms with Crippen molar-refractivity contribution in [3.05, 3.63) is 58.9 Å². The van der Waals surface area contributed by atoms with Crippen LogP contribution in [0.5, 0.6) is 0 Å². The van der Waals surface area contributed by atoms with E-state index in [9.17, 15) is 0 Å². The van der Waals surface area contributed by atoms with Gasteiger partial charge >= 0.3 is 0 Å². The van der Waals surface area contributed by atoms with Crippen molar-refractivity contribution < 1.29 is 0 Å². The molecule has 0 spiro atoms. The van der Waals surface area contributed by atoms with E-state index >= 15 is 0 Å². The summed E-state index contributed by atoms with van der Waals surface area (Å²) >= 11 is 7.89. The van der Waals surface area contributed by atoms with Crippen LogP contribution in [0.3, 0.4) is 0 Å². The third-order valence-electron chi connectivity index (χ3n) is 2.93. The van der Waals surface area contributed by atoms with Crippen LogP contribution >= 0.6 is 23.4 Å². The molecular formula is C16H19ClN2S. The van der Waals surface area contributed by atoms with Crippen molar-refractivity contribution in [1.82, 2.24) is 10.3 Å². The summed E-state index contributed by atoms with van der Waals surface area (Å²) in [6.45, 7) is 4.18. The molecule has 0 saturated carbocycles. The van der Waals surface area contributed by atoms with E-state index in [1.165, 1.54) is 16.9 Å². The molecule has 0 saturated heterocycles. The molecule has 0 radical (unpaired) electrons. The topological polar surface area (TPSA) is 24.9 Å². The molecule has 2 aromatic rings. The highest BCUT2D eigenvalue weighted by Gasteiger charge is 2.01. The van der Waals surface area contributed by atoms with Gasteiger partial charge in [0, 0.05) is 29.6 Å². The van der Waals surface area contributed by atoms with Crippen LogP contribution in [-0.4, -0.2) is 11.5 Å². The fraction of sp³-hybridized carbons (Fsp3) is 0.312. The van der Waals surface area contributed by atoms with Crippen LogP contribution in [0, 0.1) is 0 Å². The molecule has 1 N–H and O–H groups in total. The summed E-state index contributed by atoms with van der Waals surface area (Å²) in [6.07, 6.45) is 4.64. The Morgan fingerprint density at radius 1 is 1.20 bits per heavy atom. The van der Waals surface area contributed by atoms with Crippen LogP contribution in [0.2, 0.25) is 5.02 Å². The minimum atomic E-state index is 0.736. The van der Waals surface area contributed by atoms with Gasteiger partial charge in [-0.3, -0.25) is 4.98 Å². The number of hydrogen-bond acceptors (Lipinski definition) is 3. The molecular weight excluding hydrogens is 288 g/mol. The normalized spacial score (nSPS) is 10.7. The maximum atomic E-state index is 6.10. The smallest absolute Gasteiger partial charge is 0.0629 e. The highest BCUT2D eigenvalue weighted by molar-refractivity contribution is 7.98. The van der Waals surface area contributed by atoms with E-state index in [1.54, 1.807) is 24.2 Å². The van der Waals surface area contributed by atoms with Gasteiger partial charge in [-0.1, -0.05) is 30.7 Å². The zero-order valence-electron chi connectivity index (χ0n) is 11.6. The lowest BCUT2D eigenvalue weighted by molar-refractivity contribution is 0.675. The molecule has 0 atom stereocenters. The Labute approximate surface area is 130 Å². The van der Waals surface area contributed by atoms with Crippen molar-refractivity contribution in [2.45, 2.75) is 30.5 Å². The lowest BCUT2D eigenvalue weighted by Crippen LogP contribution is -2.13. The number of hydrogen-bond donors (Lipinski definition) is 1. The van der Waals surface area contributed by atoms with Crippen LogP contribution in [0.1, 0.15) is 24.5 Å². The fourth-order valence-corrected chi connectivity index (χ4v) is 2.96. The molecule has 1 heterocycles. The number of nitrogens with one attached hydrogen (secondary N) is 1. The molecule has 0 aliphatic rings. The lowest BCUT2D eigenvalue weighted by Gasteiger charge is -2.06. The number of benzene rings is 1. The van der Waals surface area contributed by atoms with Crippen molar-refractivity contribution in [3.63, 3.8) is 0 Å². The fourth-order valence-electron chi connectivity index (χ4n) is 1.80. The second-order valence-corrected chi connectivity index (χ2v) is 6.03. The summed E-state index contributed by atoms with van der Waals surface area (Å²) in [5.41, 5.74) is 2.45. The molecule has 106 valence electrons. The van der Waals surface area contributed by atoms with Crippen molar-refractivity contribution in [2.75, 3.05) is 6.54 Å². The molecule has 0 unspecified atom stereocenters. The van der Waals surface area contributed by atoms with Gasteiger partial charge < -0.3 is 5.32 Å². The molecule has 20 heavy (non-hydrogen) atoms. The molecule has 2 nitrogen and oxygen atoms in total. The molecule has 2 rings (SSSR count). The highest BCUT2D eigenvalue weighted by atomic mass is 35.5. The predicted molar refractivity (Wildman–Crippen MR) is 87.2 cm³/mol. The number of pyridine rings is 1. The van der Waals surface area contributed by atoms with E-state index in [0.29, 0.717) is 0 Å². The van der Waals surface area contributed by atoms with Gasteiger partial charge in [0.05, 0.1) is 5.02 Å². The van der Waals surface area contributed by atoms with Crippen molar-refractivity contribution >= 4 is 23.4 Å². The average molecular weight is 307 g/mol. The van der Waals surface area contributed by atoms with Crippen LogP contribution in [-0.2, 0) is 12.3 Å². The Bertz CT molecular complexity index is 528. The SMILES string of the molecule is CCCNCc1ccc(SCc2ccncc2Cl)cc1. The quantitative estimate of drug-likeness (QED) is 0.601. The number of aromatic nitrogens is 1. The van der Waals surface area contributed by atoms with Gasteiger partial charge in [0.2, 0.25) is 0 Å². The maximum absolute atomic E-state index is 6.10. The molecule has 1 aromatic carbocycles. The summed E-state index contributed by atoms with van der Waals surface area (Å²) in [4.78, 5) is 5.26. The van der Waals surface area contributed by atoms with Crippen LogP contribution in [0.25, 0.3) is 0 Å². The van der Waals surface area contributed by atoms with E-state index in [0.717, 1.165) is 29.4 Å². The van der Waals surface area contributed by atoms with E-state index in [1.807, 2.05) is 6.07 Å². The van der Waals surface area contributed by atoms with Crippen molar-refractivity contribution in [1.29, 1.82) is 0 Å². The Balaban J connectivity index is 1.86. The van der Waals surface area contributed by atoms with Crippen LogP contribution in [0.15, 0.2) is 47.6 Å². The standard InChI is InChI=1S/C16H19ClN2S/c1-2-8-18-10-13-3-5-15(6-4-13)20-12-14-7-9-19-11-16(14)17/h3-7,9,11,18H,2,8,10,12H2,1H3. The van der Waals surface area contributed by atoms with Gasteiger partial charge in [-0.25, -0.2) is 0 Å². The predicted octanol–water partition coefficient (Wildman–Crippen LogP) is 4.53. The van der Waals surface area contributed by atoms with Gasteiger partial charge in [-0.15, -0.1) is 11.8 Å². The number of rotatable bonds is 7. The highest BCUT2D eigenvalue weighted by Crippen LogP contribution is 2.26. The van der Waals surface area contributed by atoms with Crippen molar-refractivity contribution in [2.24, 2.45) is 0 Å². The second-order valence-electron chi connectivity index (χ2n) is 4.58. The molecule has 0 fully saturated rings. The molecule has 0 amide bonds. The summed E-state index contributed by atoms with van der Waals surface area (Å²) in [5.74, 6) is 0.870. The first-order valence-electron chi connectivity index (χ1n) is 6.80. The first-order valence-corrected chi connectivity index (χ1v) is 8.17. The zero-order chi connectivity index (χ0) is 14.2. The summed E-state index contributed by atoms with van der Waals surface area (Å²) in [7, 11) is 0. The van der Waals surface area contributed by atoms with Crippen LogP contribution in [0.4, 0.5) is 0 Å². The maximum Gasteiger partial charge on any atom is 0.0629 e. The summed E-state index contributed by atoms with van der Waals surface area (Å²) in [6, 6.07) is 10.7. The largest absolute Gasteiger partial charge is 0.313 e. The number of halogens is 1. The molecule has 1 aromatic heterocycles. The first kappa shape index (κ1) is 15.4. The lowest BCUT2D eigenvalue weighted by atomic mass is 10.2. The van der Waals surface area contributed by atoms with Gasteiger partial charge in [-0.2, -0.15) is 0 Å². The van der Waals surface area contributed by atoms with E-state index in [-0.39, 0.29) is 0 Å². The zero-order valence-corrected chi connectivity index (χ0v) is 13.2. The molecule has 0 aliphatic carbocycles. The minimum absolute atomic E-state index is 0.736. The second kappa shape index (κ2) is 8.30. The van der Waals surface area contributed by atoms with Gasteiger partial charge in [0.1, 0.15) is 0 Å². The van der Waals surface area contributed by atoms with E-state index in [4.69, 9.17) is 11.6 Å². The number of thioether (sulfide) groups is 1. The Morgan fingerprint density at radius 2 is 2.00 bits per heavy atom. The Morgan fingerprint density at radius 3 is 2.70 bits per heavy atom. The third-order valence-corrected chi connectivity index (χ3v) is 4.33. The minimum Gasteiger partial charge on any atom is -0.313 e. The Hall–Kier alpha value is -1.03. The monoisotopic (exact) mass is 306 g/mol. The van der Waals surface area contributed by atoms with Gasteiger partial charge in [0.15, 0.2) is 0 Å². The van der Waals surface area contributed by atoms with E-state index < -0.39 is 0 Å².